The summed E-state index contributed by atoms with van der Waals surface area (Å²) in [4.78, 5) is 0. The molecule has 0 saturated heterocycles. The minimum absolute atomic E-state index is 0.953. The molecule has 0 bridgehead atoms. The molecule has 0 aliphatic heterocycles. The van der Waals surface area contributed by atoms with E-state index in [0.717, 1.165) is 17.8 Å². The van der Waals surface area contributed by atoms with Crippen molar-refractivity contribution in [2.75, 3.05) is 13.6 Å². The summed E-state index contributed by atoms with van der Waals surface area (Å²) in [6.07, 6.45) is 7.19. The molecule has 13 heavy (non-hydrogen) atoms. The van der Waals surface area contributed by atoms with Gasteiger partial charge in [-0.15, -0.1) is 0 Å². The van der Waals surface area contributed by atoms with Gasteiger partial charge in [0.05, 0.1) is 0 Å². The summed E-state index contributed by atoms with van der Waals surface area (Å²) in [5.41, 5.74) is 0. The molecule has 1 heteroatoms. The van der Waals surface area contributed by atoms with Crippen molar-refractivity contribution in [1.82, 2.24) is 5.32 Å². The fraction of sp³-hybridized carbons (Fsp3) is 1.00. The van der Waals surface area contributed by atoms with Crippen LogP contribution in [-0.2, 0) is 0 Å². The normalized spacial score (nSPS) is 29.8. The number of hydrogen-bond donors (Lipinski definition) is 1. The van der Waals surface area contributed by atoms with E-state index in [1.165, 1.54) is 38.6 Å². The van der Waals surface area contributed by atoms with Crippen LogP contribution in [0.15, 0.2) is 0 Å². The van der Waals surface area contributed by atoms with Crippen molar-refractivity contribution < 1.29 is 0 Å². The molecule has 0 radical (unpaired) electrons. The molecule has 0 amide bonds. The average Bonchev–Trinajstić information content (AvgIpc) is 2.09. The third-order valence-electron chi connectivity index (χ3n) is 3.53. The quantitative estimate of drug-likeness (QED) is 0.667. The number of nitrogens with one attached hydrogen (secondary N) is 1. The summed E-state index contributed by atoms with van der Waals surface area (Å²) in [7, 11) is 2.07. The van der Waals surface area contributed by atoms with E-state index in [-0.39, 0.29) is 0 Å². The molecular formula is C12H25N. The Labute approximate surface area is 83.3 Å². The molecule has 0 spiro atoms. The zero-order chi connectivity index (χ0) is 9.68. The van der Waals surface area contributed by atoms with Gasteiger partial charge in [-0.05, 0) is 50.6 Å². The van der Waals surface area contributed by atoms with Gasteiger partial charge in [-0.3, -0.25) is 0 Å². The van der Waals surface area contributed by atoms with Crippen LogP contribution in [0.1, 0.15) is 46.0 Å². The lowest BCUT2D eigenvalue weighted by Crippen LogP contribution is -2.34. The first kappa shape index (κ1) is 11.0. The van der Waals surface area contributed by atoms with Gasteiger partial charge in [0, 0.05) is 0 Å². The van der Waals surface area contributed by atoms with Crippen molar-refractivity contribution in [2.24, 2.45) is 17.8 Å². The van der Waals surface area contributed by atoms with Gasteiger partial charge < -0.3 is 5.32 Å². The first-order chi connectivity index (χ1) is 6.27. The van der Waals surface area contributed by atoms with Gasteiger partial charge in [0.1, 0.15) is 0 Å². The smallest absolute Gasteiger partial charge is 0.00209 e. The highest BCUT2D eigenvalue weighted by Gasteiger charge is 2.30. The molecular weight excluding hydrogens is 158 g/mol. The first-order valence-corrected chi connectivity index (χ1v) is 5.92. The Bertz CT molecular complexity index is 133. The lowest BCUT2D eigenvalue weighted by Gasteiger charge is -2.38. The van der Waals surface area contributed by atoms with E-state index in [2.05, 4.69) is 26.2 Å². The van der Waals surface area contributed by atoms with Crippen LogP contribution in [0.2, 0.25) is 0 Å². The van der Waals surface area contributed by atoms with Crippen LogP contribution in [0.4, 0.5) is 0 Å². The second kappa shape index (κ2) is 5.64. The standard InChI is InChI=1S/C12H25N/c1-4-5-10(2)8-11-6-7-12(11)9-13-3/h10-13H,4-9H2,1-3H3. The zero-order valence-corrected chi connectivity index (χ0v) is 9.47. The van der Waals surface area contributed by atoms with E-state index in [4.69, 9.17) is 0 Å². The van der Waals surface area contributed by atoms with Crippen molar-refractivity contribution in [1.29, 1.82) is 0 Å². The van der Waals surface area contributed by atoms with Crippen LogP contribution < -0.4 is 5.32 Å². The maximum absolute atomic E-state index is 3.30. The van der Waals surface area contributed by atoms with E-state index >= 15 is 0 Å². The van der Waals surface area contributed by atoms with Crippen molar-refractivity contribution >= 4 is 0 Å². The van der Waals surface area contributed by atoms with E-state index in [9.17, 15) is 0 Å². The summed E-state index contributed by atoms with van der Waals surface area (Å²) in [6.45, 7) is 5.95. The van der Waals surface area contributed by atoms with Crippen LogP contribution in [0.25, 0.3) is 0 Å². The van der Waals surface area contributed by atoms with Gasteiger partial charge in [0.25, 0.3) is 0 Å². The molecule has 0 aromatic carbocycles. The third-order valence-corrected chi connectivity index (χ3v) is 3.53. The fourth-order valence-corrected chi connectivity index (χ4v) is 2.61. The van der Waals surface area contributed by atoms with E-state index in [1.807, 2.05) is 0 Å². The van der Waals surface area contributed by atoms with Gasteiger partial charge in [-0.25, -0.2) is 0 Å². The minimum Gasteiger partial charge on any atom is -0.319 e. The molecule has 3 atom stereocenters. The number of hydrogen-bond acceptors (Lipinski definition) is 1. The summed E-state index contributed by atoms with van der Waals surface area (Å²) in [5, 5.41) is 3.30. The summed E-state index contributed by atoms with van der Waals surface area (Å²) in [6, 6.07) is 0. The molecule has 3 unspecified atom stereocenters. The van der Waals surface area contributed by atoms with Gasteiger partial charge in [0.2, 0.25) is 0 Å². The fourth-order valence-electron chi connectivity index (χ4n) is 2.61. The average molecular weight is 183 g/mol. The van der Waals surface area contributed by atoms with Crippen LogP contribution >= 0.6 is 0 Å². The van der Waals surface area contributed by atoms with Crippen LogP contribution in [-0.4, -0.2) is 13.6 Å². The Morgan fingerprint density at radius 3 is 2.46 bits per heavy atom. The van der Waals surface area contributed by atoms with Crippen molar-refractivity contribution in [3.63, 3.8) is 0 Å². The Balaban J connectivity index is 2.14. The molecule has 1 N–H and O–H groups in total. The molecule has 1 fully saturated rings. The SMILES string of the molecule is CCCC(C)CC1CCC1CNC. The van der Waals surface area contributed by atoms with E-state index in [1.54, 1.807) is 0 Å². The van der Waals surface area contributed by atoms with Crippen molar-refractivity contribution in [3.05, 3.63) is 0 Å². The second-order valence-corrected chi connectivity index (χ2v) is 4.78. The van der Waals surface area contributed by atoms with Gasteiger partial charge in [-0.1, -0.05) is 26.7 Å². The topological polar surface area (TPSA) is 12.0 Å². The highest BCUT2D eigenvalue weighted by atomic mass is 14.8. The van der Waals surface area contributed by atoms with Crippen LogP contribution in [0, 0.1) is 17.8 Å². The largest absolute Gasteiger partial charge is 0.319 e. The predicted molar refractivity (Wildman–Crippen MR) is 58.8 cm³/mol. The molecule has 1 aliphatic carbocycles. The monoisotopic (exact) mass is 183 g/mol. The Morgan fingerprint density at radius 1 is 1.31 bits per heavy atom. The van der Waals surface area contributed by atoms with Gasteiger partial charge >= 0.3 is 0 Å². The molecule has 1 nitrogen and oxygen atoms in total. The molecule has 1 aliphatic rings. The van der Waals surface area contributed by atoms with Crippen molar-refractivity contribution in [2.45, 2.75) is 46.0 Å². The third kappa shape index (κ3) is 3.30. The molecule has 0 aromatic rings. The zero-order valence-electron chi connectivity index (χ0n) is 9.47. The molecule has 0 heterocycles. The van der Waals surface area contributed by atoms with E-state index in [0.29, 0.717) is 0 Å². The molecule has 78 valence electrons. The summed E-state index contributed by atoms with van der Waals surface area (Å²) >= 11 is 0. The highest BCUT2D eigenvalue weighted by Crippen LogP contribution is 2.38. The molecule has 1 saturated carbocycles. The molecule has 0 aromatic heterocycles. The van der Waals surface area contributed by atoms with Gasteiger partial charge in [-0.2, -0.15) is 0 Å². The maximum atomic E-state index is 3.30. The predicted octanol–water partition coefficient (Wildman–Crippen LogP) is 3.06. The Morgan fingerprint density at radius 2 is 2.00 bits per heavy atom. The van der Waals surface area contributed by atoms with Crippen molar-refractivity contribution in [3.8, 4) is 0 Å². The lowest BCUT2D eigenvalue weighted by atomic mass is 9.69. The maximum Gasteiger partial charge on any atom is -0.00209 e. The highest BCUT2D eigenvalue weighted by molar-refractivity contribution is 4.82. The van der Waals surface area contributed by atoms with E-state index < -0.39 is 0 Å². The lowest BCUT2D eigenvalue weighted by molar-refractivity contribution is 0.140. The van der Waals surface area contributed by atoms with Crippen LogP contribution in [0.5, 0.6) is 0 Å². The summed E-state index contributed by atoms with van der Waals surface area (Å²) in [5.74, 6) is 2.98. The van der Waals surface area contributed by atoms with Gasteiger partial charge in [0.15, 0.2) is 0 Å². The molecule has 1 rings (SSSR count). The second-order valence-electron chi connectivity index (χ2n) is 4.78. The Kier molecular flexibility index (Phi) is 4.79. The number of rotatable bonds is 6. The van der Waals surface area contributed by atoms with Crippen LogP contribution in [0.3, 0.4) is 0 Å². The Hall–Kier alpha value is -0.0400. The first-order valence-electron chi connectivity index (χ1n) is 5.92. The summed E-state index contributed by atoms with van der Waals surface area (Å²) < 4.78 is 0. The minimum atomic E-state index is 0.953.